The van der Waals surface area contributed by atoms with Crippen molar-refractivity contribution in [3.8, 4) is 11.5 Å². The van der Waals surface area contributed by atoms with Crippen molar-refractivity contribution in [2.45, 2.75) is 12.6 Å². The molecule has 0 fully saturated rings. The minimum absolute atomic E-state index is 0.258. The lowest BCUT2D eigenvalue weighted by Gasteiger charge is -2.11. The monoisotopic (exact) mass is 303 g/mol. The van der Waals surface area contributed by atoms with Crippen LogP contribution in [-0.4, -0.2) is 37.5 Å². The lowest BCUT2D eigenvalue weighted by Crippen LogP contribution is -2.20. The van der Waals surface area contributed by atoms with E-state index in [-0.39, 0.29) is 13.2 Å². The molecule has 2 N–H and O–H groups in total. The molecule has 2 aromatic heterocycles. The molecule has 21 heavy (non-hydrogen) atoms. The molecule has 0 saturated carbocycles. The van der Waals surface area contributed by atoms with Gasteiger partial charge in [0.05, 0.1) is 29.8 Å². The standard InChI is InChI=1S/C15H14ClN3O2/c16-12-3-1-2-10-4-5-13(18-14(10)12)15-17-6-7-19(15)8-11(21)9-20/h1-7,11,20-21H,8-9H2. The van der Waals surface area contributed by atoms with E-state index >= 15 is 0 Å². The highest BCUT2D eigenvalue weighted by Gasteiger charge is 2.12. The number of halogens is 1. The normalized spacial score (nSPS) is 12.7. The van der Waals surface area contributed by atoms with E-state index in [9.17, 15) is 5.11 Å². The molecule has 0 amide bonds. The third-order valence-corrected chi connectivity index (χ3v) is 3.54. The number of benzene rings is 1. The van der Waals surface area contributed by atoms with Crippen LogP contribution < -0.4 is 0 Å². The van der Waals surface area contributed by atoms with Crippen LogP contribution in [0.2, 0.25) is 5.02 Å². The van der Waals surface area contributed by atoms with Gasteiger partial charge < -0.3 is 14.8 Å². The van der Waals surface area contributed by atoms with Crippen molar-refractivity contribution >= 4 is 22.5 Å². The Morgan fingerprint density at radius 1 is 1.24 bits per heavy atom. The van der Waals surface area contributed by atoms with Gasteiger partial charge in [0.2, 0.25) is 0 Å². The summed E-state index contributed by atoms with van der Waals surface area (Å²) in [6.45, 7) is -0.0390. The van der Waals surface area contributed by atoms with Gasteiger partial charge in [-0.25, -0.2) is 9.97 Å². The van der Waals surface area contributed by atoms with E-state index < -0.39 is 6.10 Å². The number of imidazole rings is 1. The maximum Gasteiger partial charge on any atom is 0.158 e. The average molecular weight is 304 g/mol. The average Bonchev–Trinajstić information content (AvgIpc) is 2.95. The quantitative estimate of drug-likeness (QED) is 0.774. The van der Waals surface area contributed by atoms with Crippen molar-refractivity contribution in [2.24, 2.45) is 0 Å². The number of hydrogen-bond acceptors (Lipinski definition) is 4. The topological polar surface area (TPSA) is 71.2 Å². The van der Waals surface area contributed by atoms with E-state index in [1.807, 2.05) is 24.3 Å². The molecule has 0 aliphatic heterocycles. The Labute approximate surface area is 126 Å². The second-order valence-electron chi connectivity index (χ2n) is 4.75. The Kier molecular flexibility index (Phi) is 3.88. The molecule has 1 unspecified atom stereocenters. The van der Waals surface area contributed by atoms with E-state index in [0.29, 0.717) is 22.1 Å². The zero-order valence-electron chi connectivity index (χ0n) is 11.1. The fourth-order valence-electron chi connectivity index (χ4n) is 2.21. The van der Waals surface area contributed by atoms with Crippen molar-refractivity contribution in [1.82, 2.24) is 14.5 Å². The molecule has 2 heterocycles. The van der Waals surface area contributed by atoms with Gasteiger partial charge in [-0.1, -0.05) is 29.8 Å². The van der Waals surface area contributed by atoms with E-state index in [1.54, 1.807) is 23.0 Å². The van der Waals surface area contributed by atoms with Gasteiger partial charge in [-0.2, -0.15) is 0 Å². The third-order valence-electron chi connectivity index (χ3n) is 3.23. The Morgan fingerprint density at radius 2 is 2.10 bits per heavy atom. The van der Waals surface area contributed by atoms with Crippen LogP contribution in [0.5, 0.6) is 0 Å². The molecule has 0 bridgehead atoms. The minimum Gasteiger partial charge on any atom is -0.394 e. The van der Waals surface area contributed by atoms with Gasteiger partial charge in [0, 0.05) is 17.8 Å². The number of aromatic nitrogens is 3. The lowest BCUT2D eigenvalue weighted by molar-refractivity contribution is 0.0815. The summed E-state index contributed by atoms with van der Waals surface area (Å²) in [4.78, 5) is 8.83. The van der Waals surface area contributed by atoms with Crippen LogP contribution in [0.4, 0.5) is 0 Å². The first-order valence-corrected chi connectivity index (χ1v) is 6.92. The van der Waals surface area contributed by atoms with Crippen molar-refractivity contribution < 1.29 is 10.2 Å². The smallest absolute Gasteiger partial charge is 0.158 e. The Hall–Kier alpha value is -1.95. The van der Waals surface area contributed by atoms with E-state index in [2.05, 4.69) is 9.97 Å². The molecule has 5 nitrogen and oxygen atoms in total. The molecule has 1 aromatic carbocycles. The maximum absolute atomic E-state index is 9.58. The fraction of sp³-hybridized carbons (Fsp3) is 0.200. The molecule has 1 atom stereocenters. The molecular formula is C15H14ClN3O2. The molecule has 3 rings (SSSR count). The zero-order chi connectivity index (χ0) is 14.8. The number of nitrogens with zero attached hydrogens (tertiary/aromatic N) is 3. The zero-order valence-corrected chi connectivity index (χ0v) is 11.9. The van der Waals surface area contributed by atoms with E-state index in [1.165, 1.54) is 0 Å². The largest absolute Gasteiger partial charge is 0.394 e. The third kappa shape index (κ3) is 2.76. The van der Waals surface area contributed by atoms with Gasteiger partial charge in [0.15, 0.2) is 5.82 Å². The Morgan fingerprint density at radius 3 is 2.90 bits per heavy atom. The van der Waals surface area contributed by atoms with Crippen molar-refractivity contribution in [3.05, 3.63) is 47.7 Å². The first-order valence-electron chi connectivity index (χ1n) is 6.54. The maximum atomic E-state index is 9.58. The van der Waals surface area contributed by atoms with Crippen molar-refractivity contribution in [3.63, 3.8) is 0 Å². The van der Waals surface area contributed by atoms with Gasteiger partial charge in [-0.3, -0.25) is 0 Å². The lowest BCUT2D eigenvalue weighted by atomic mass is 10.2. The number of hydrogen-bond donors (Lipinski definition) is 2. The van der Waals surface area contributed by atoms with Crippen LogP contribution in [0.15, 0.2) is 42.7 Å². The summed E-state index contributed by atoms with van der Waals surface area (Å²) < 4.78 is 1.76. The molecule has 0 radical (unpaired) electrons. The molecule has 108 valence electrons. The summed E-state index contributed by atoms with van der Waals surface area (Å²) in [5, 5.41) is 20.1. The molecule has 0 spiro atoms. The molecule has 0 saturated heterocycles. The number of pyridine rings is 1. The summed E-state index contributed by atoms with van der Waals surface area (Å²) >= 11 is 6.17. The van der Waals surface area contributed by atoms with Gasteiger partial charge in [-0.15, -0.1) is 0 Å². The van der Waals surface area contributed by atoms with Gasteiger partial charge >= 0.3 is 0 Å². The second kappa shape index (κ2) is 5.81. The van der Waals surface area contributed by atoms with Crippen molar-refractivity contribution in [1.29, 1.82) is 0 Å². The van der Waals surface area contributed by atoms with Gasteiger partial charge in [-0.05, 0) is 12.1 Å². The van der Waals surface area contributed by atoms with E-state index in [0.717, 1.165) is 5.39 Å². The first kappa shape index (κ1) is 14.0. The summed E-state index contributed by atoms with van der Waals surface area (Å²) in [6.07, 6.45) is 2.55. The number of para-hydroxylation sites is 1. The summed E-state index contributed by atoms with van der Waals surface area (Å²) in [7, 11) is 0. The second-order valence-corrected chi connectivity index (χ2v) is 5.15. The predicted molar refractivity (Wildman–Crippen MR) is 81.1 cm³/mol. The van der Waals surface area contributed by atoms with Crippen LogP contribution in [-0.2, 0) is 6.54 Å². The fourth-order valence-corrected chi connectivity index (χ4v) is 2.43. The molecule has 6 heteroatoms. The highest BCUT2D eigenvalue weighted by Crippen LogP contribution is 2.25. The number of rotatable bonds is 4. The number of aliphatic hydroxyl groups is 2. The molecule has 3 aromatic rings. The summed E-state index contributed by atoms with van der Waals surface area (Å²) in [6, 6.07) is 9.42. The minimum atomic E-state index is -0.831. The summed E-state index contributed by atoms with van der Waals surface area (Å²) in [5.41, 5.74) is 1.39. The molecular weight excluding hydrogens is 290 g/mol. The van der Waals surface area contributed by atoms with E-state index in [4.69, 9.17) is 16.7 Å². The van der Waals surface area contributed by atoms with Crippen LogP contribution in [0.25, 0.3) is 22.4 Å². The molecule has 0 aliphatic carbocycles. The highest BCUT2D eigenvalue weighted by molar-refractivity contribution is 6.35. The first-order chi connectivity index (χ1) is 10.2. The Balaban J connectivity index is 2.05. The van der Waals surface area contributed by atoms with Crippen molar-refractivity contribution in [2.75, 3.05) is 6.61 Å². The number of fused-ring (bicyclic) bond motifs is 1. The van der Waals surface area contributed by atoms with Crippen LogP contribution in [0.3, 0.4) is 0 Å². The Bertz CT molecular complexity index is 772. The van der Waals surface area contributed by atoms with Crippen LogP contribution in [0, 0.1) is 0 Å². The number of aliphatic hydroxyl groups excluding tert-OH is 2. The molecule has 0 aliphatic rings. The van der Waals surface area contributed by atoms with Gasteiger partial charge in [0.1, 0.15) is 5.69 Å². The summed E-state index contributed by atoms with van der Waals surface area (Å²) in [5.74, 6) is 0.629. The van der Waals surface area contributed by atoms with Crippen LogP contribution in [0.1, 0.15) is 0 Å². The van der Waals surface area contributed by atoms with Gasteiger partial charge in [0.25, 0.3) is 0 Å². The highest BCUT2D eigenvalue weighted by atomic mass is 35.5. The van der Waals surface area contributed by atoms with Crippen LogP contribution >= 0.6 is 11.6 Å². The SMILES string of the molecule is OCC(O)Cn1ccnc1-c1ccc2cccc(Cl)c2n1. The predicted octanol–water partition coefficient (Wildman–Crippen LogP) is 2.10.